The molecule has 4 heteroatoms. The lowest BCUT2D eigenvalue weighted by Gasteiger charge is -2.21. The molecule has 1 N–H and O–H groups in total. The molecule has 0 aliphatic heterocycles. The molecule has 0 aliphatic carbocycles. The zero-order valence-corrected chi connectivity index (χ0v) is 13.0. The molecule has 21 heavy (non-hydrogen) atoms. The lowest BCUT2D eigenvalue weighted by atomic mass is 9.94. The minimum Gasteiger partial charge on any atom is -0.309 e. The van der Waals surface area contributed by atoms with Crippen molar-refractivity contribution in [2.45, 2.75) is 6.04 Å². The zero-order chi connectivity index (χ0) is 14.8. The number of rotatable bonds is 3. The van der Waals surface area contributed by atoms with E-state index in [2.05, 4.69) is 16.4 Å². The SMILES string of the molecule is CNC(c1c(Cl)cccc1Cl)c1cccc2cnccc12. The highest BCUT2D eigenvalue weighted by Crippen LogP contribution is 2.36. The van der Waals surface area contributed by atoms with Crippen LogP contribution in [0.2, 0.25) is 10.0 Å². The average Bonchev–Trinajstić information content (AvgIpc) is 2.51. The van der Waals surface area contributed by atoms with Crippen molar-refractivity contribution < 1.29 is 0 Å². The van der Waals surface area contributed by atoms with Crippen molar-refractivity contribution in [3.05, 3.63) is 76.0 Å². The van der Waals surface area contributed by atoms with Crippen molar-refractivity contribution in [2.75, 3.05) is 7.05 Å². The van der Waals surface area contributed by atoms with Crippen LogP contribution in [0, 0.1) is 0 Å². The van der Waals surface area contributed by atoms with Gasteiger partial charge in [0.15, 0.2) is 0 Å². The van der Waals surface area contributed by atoms with Gasteiger partial charge in [0.2, 0.25) is 0 Å². The van der Waals surface area contributed by atoms with Crippen molar-refractivity contribution in [1.29, 1.82) is 0 Å². The van der Waals surface area contributed by atoms with Gasteiger partial charge in [0.1, 0.15) is 0 Å². The van der Waals surface area contributed by atoms with E-state index >= 15 is 0 Å². The number of fused-ring (bicyclic) bond motifs is 1. The van der Waals surface area contributed by atoms with E-state index in [1.165, 1.54) is 0 Å². The van der Waals surface area contributed by atoms with E-state index in [1.54, 1.807) is 6.20 Å². The van der Waals surface area contributed by atoms with Crippen LogP contribution in [0.25, 0.3) is 10.8 Å². The fraction of sp³-hybridized carbons (Fsp3) is 0.118. The quantitative estimate of drug-likeness (QED) is 0.747. The molecular weight excluding hydrogens is 303 g/mol. The van der Waals surface area contributed by atoms with Crippen molar-refractivity contribution >= 4 is 34.0 Å². The largest absolute Gasteiger partial charge is 0.309 e. The highest BCUT2D eigenvalue weighted by atomic mass is 35.5. The Balaban J connectivity index is 2.24. The minimum atomic E-state index is -0.0719. The predicted molar refractivity (Wildman–Crippen MR) is 89.1 cm³/mol. The molecule has 0 spiro atoms. The molecule has 2 nitrogen and oxygen atoms in total. The number of hydrogen-bond donors (Lipinski definition) is 1. The molecule has 0 radical (unpaired) electrons. The van der Waals surface area contributed by atoms with Gasteiger partial charge in [-0.05, 0) is 36.2 Å². The maximum absolute atomic E-state index is 6.37. The standard InChI is InChI=1S/C17H14Cl2N2/c1-20-17(16-14(18)6-3-7-15(16)19)13-5-2-4-11-10-21-9-8-12(11)13/h2-10,17,20H,1H3. The summed E-state index contributed by atoms with van der Waals surface area (Å²) in [7, 11) is 1.91. The van der Waals surface area contributed by atoms with E-state index in [9.17, 15) is 0 Å². The highest BCUT2D eigenvalue weighted by molar-refractivity contribution is 6.36. The summed E-state index contributed by atoms with van der Waals surface area (Å²) in [5, 5.41) is 6.88. The summed E-state index contributed by atoms with van der Waals surface area (Å²) in [6, 6.07) is 13.7. The van der Waals surface area contributed by atoms with Gasteiger partial charge < -0.3 is 5.32 Å². The van der Waals surface area contributed by atoms with Gasteiger partial charge in [0.05, 0.1) is 6.04 Å². The zero-order valence-electron chi connectivity index (χ0n) is 11.5. The second-order valence-corrected chi connectivity index (χ2v) is 5.62. The van der Waals surface area contributed by atoms with E-state index in [1.807, 2.05) is 49.6 Å². The average molecular weight is 317 g/mol. The summed E-state index contributed by atoms with van der Waals surface area (Å²) in [4.78, 5) is 4.17. The fourth-order valence-electron chi connectivity index (χ4n) is 2.64. The summed E-state index contributed by atoms with van der Waals surface area (Å²) in [5.41, 5.74) is 2.03. The predicted octanol–water partition coefficient (Wildman–Crippen LogP) is 4.85. The number of hydrogen-bond acceptors (Lipinski definition) is 2. The van der Waals surface area contributed by atoms with Crippen LogP contribution in [-0.2, 0) is 0 Å². The molecule has 1 atom stereocenters. The first kappa shape index (κ1) is 14.3. The molecular formula is C17H14Cl2N2. The maximum Gasteiger partial charge on any atom is 0.0610 e. The number of halogens is 2. The summed E-state index contributed by atoms with van der Waals surface area (Å²) >= 11 is 12.7. The Hall–Kier alpha value is -1.61. The Morgan fingerprint density at radius 3 is 2.43 bits per heavy atom. The van der Waals surface area contributed by atoms with Crippen LogP contribution in [-0.4, -0.2) is 12.0 Å². The molecule has 0 amide bonds. The lowest BCUT2D eigenvalue weighted by Crippen LogP contribution is -2.19. The third-order valence-corrected chi connectivity index (χ3v) is 4.26. The summed E-state index contributed by atoms with van der Waals surface area (Å²) in [5.74, 6) is 0. The van der Waals surface area contributed by atoms with E-state index in [0.717, 1.165) is 21.9 Å². The summed E-state index contributed by atoms with van der Waals surface area (Å²) in [6.45, 7) is 0. The molecule has 3 aromatic rings. The number of nitrogens with one attached hydrogen (secondary N) is 1. The first-order valence-electron chi connectivity index (χ1n) is 6.66. The number of aromatic nitrogens is 1. The molecule has 0 aliphatic rings. The first-order valence-corrected chi connectivity index (χ1v) is 7.42. The Labute approximate surface area is 133 Å². The van der Waals surface area contributed by atoms with Crippen molar-refractivity contribution in [3.63, 3.8) is 0 Å². The Bertz CT molecular complexity index is 761. The number of pyridine rings is 1. The molecule has 1 unspecified atom stereocenters. The van der Waals surface area contributed by atoms with Crippen molar-refractivity contribution in [3.8, 4) is 0 Å². The van der Waals surface area contributed by atoms with Gasteiger partial charge in [-0.15, -0.1) is 0 Å². The highest BCUT2D eigenvalue weighted by Gasteiger charge is 2.20. The van der Waals surface area contributed by atoms with E-state index in [-0.39, 0.29) is 6.04 Å². The van der Waals surface area contributed by atoms with Gasteiger partial charge in [0.25, 0.3) is 0 Å². The van der Waals surface area contributed by atoms with Crippen LogP contribution < -0.4 is 5.32 Å². The van der Waals surface area contributed by atoms with Crippen molar-refractivity contribution in [2.24, 2.45) is 0 Å². The Morgan fingerprint density at radius 2 is 1.71 bits per heavy atom. The van der Waals surface area contributed by atoms with Gasteiger partial charge in [0, 0.05) is 33.4 Å². The van der Waals surface area contributed by atoms with Gasteiger partial charge in [-0.25, -0.2) is 0 Å². The minimum absolute atomic E-state index is 0.0719. The van der Waals surface area contributed by atoms with Crippen LogP contribution in [0.1, 0.15) is 17.2 Å². The molecule has 3 rings (SSSR count). The first-order chi connectivity index (χ1) is 10.2. The van der Waals surface area contributed by atoms with Gasteiger partial charge >= 0.3 is 0 Å². The molecule has 1 heterocycles. The maximum atomic E-state index is 6.37. The van der Waals surface area contributed by atoms with Gasteiger partial charge in [-0.2, -0.15) is 0 Å². The van der Waals surface area contributed by atoms with Crippen LogP contribution in [0.4, 0.5) is 0 Å². The van der Waals surface area contributed by atoms with Crippen molar-refractivity contribution in [1.82, 2.24) is 10.3 Å². The lowest BCUT2D eigenvalue weighted by molar-refractivity contribution is 0.697. The van der Waals surface area contributed by atoms with Gasteiger partial charge in [-0.1, -0.05) is 47.5 Å². The monoisotopic (exact) mass is 316 g/mol. The topological polar surface area (TPSA) is 24.9 Å². The number of benzene rings is 2. The molecule has 106 valence electrons. The number of nitrogens with zero attached hydrogens (tertiary/aromatic N) is 1. The molecule has 2 aromatic carbocycles. The van der Waals surface area contributed by atoms with E-state index < -0.39 is 0 Å². The van der Waals surface area contributed by atoms with Crippen LogP contribution in [0.3, 0.4) is 0 Å². The molecule has 0 bridgehead atoms. The molecule has 0 saturated heterocycles. The Morgan fingerprint density at radius 1 is 1.00 bits per heavy atom. The van der Waals surface area contributed by atoms with Crippen LogP contribution in [0.5, 0.6) is 0 Å². The molecule has 0 saturated carbocycles. The third-order valence-electron chi connectivity index (χ3n) is 3.60. The van der Waals surface area contributed by atoms with E-state index in [0.29, 0.717) is 10.0 Å². The van der Waals surface area contributed by atoms with Gasteiger partial charge in [-0.3, -0.25) is 4.98 Å². The van der Waals surface area contributed by atoms with Crippen LogP contribution >= 0.6 is 23.2 Å². The summed E-state index contributed by atoms with van der Waals surface area (Å²) in [6.07, 6.45) is 3.66. The van der Waals surface area contributed by atoms with Crippen LogP contribution in [0.15, 0.2) is 54.9 Å². The normalized spacial score (nSPS) is 12.5. The molecule has 0 fully saturated rings. The smallest absolute Gasteiger partial charge is 0.0610 e. The third kappa shape index (κ3) is 2.62. The molecule has 1 aromatic heterocycles. The van der Waals surface area contributed by atoms with E-state index in [4.69, 9.17) is 23.2 Å². The second kappa shape index (κ2) is 6.02. The second-order valence-electron chi connectivity index (χ2n) is 4.80. The summed E-state index contributed by atoms with van der Waals surface area (Å²) < 4.78 is 0. The fourth-order valence-corrected chi connectivity index (χ4v) is 3.26. The Kier molecular flexibility index (Phi) is 4.11.